The Labute approximate surface area is 89.8 Å². The van der Waals surface area contributed by atoms with Crippen molar-refractivity contribution in [2.75, 3.05) is 12.0 Å². The normalized spacial score (nSPS) is 9.93. The molecule has 0 aliphatic heterocycles. The summed E-state index contributed by atoms with van der Waals surface area (Å²) in [5.74, 6) is -0.849. The quantitative estimate of drug-likeness (QED) is 0.346. The average molecular weight is 227 g/mol. The molecular formula is C8H9N3O3S. The third kappa shape index (κ3) is 2.01. The lowest BCUT2D eigenvalue weighted by atomic mass is 10.1. The number of carbonyl (C=O) groups excluding carboxylic acids is 1. The molecule has 0 saturated carbocycles. The van der Waals surface area contributed by atoms with E-state index < -0.39 is 16.5 Å². The fourth-order valence-electron chi connectivity index (χ4n) is 1.19. The number of carbonyl (C=O) groups is 1. The zero-order valence-corrected chi connectivity index (χ0v) is 8.71. The number of hydrogen-bond donors (Lipinski definition) is 2. The number of nitro groups is 1. The molecule has 15 heavy (non-hydrogen) atoms. The van der Waals surface area contributed by atoms with Gasteiger partial charge in [0.1, 0.15) is 11.3 Å². The molecule has 0 spiro atoms. The van der Waals surface area contributed by atoms with E-state index in [-0.39, 0.29) is 11.3 Å². The number of nitrogens with zero attached hydrogens (tertiary/aromatic N) is 1. The molecule has 0 unspecified atom stereocenters. The minimum Gasteiger partial charge on any atom is -0.393 e. The maximum absolute atomic E-state index is 11.1. The van der Waals surface area contributed by atoms with E-state index in [9.17, 15) is 14.9 Å². The summed E-state index contributed by atoms with van der Waals surface area (Å²) < 4.78 is 0. The van der Waals surface area contributed by atoms with Crippen molar-refractivity contribution < 1.29 is 9.72 Å². The molecule has 0 fully saturated rings. The summed E-state index contributed by atoms with van der Waals surface area (Å²) in [6, 6.07) is 2.92. The Morgan fingerprint density at radius 1 is 1.53 bits per heavy atom. The van der Waals surface area contributed by atoms with Crippen LogP contribution in [0, 0.1) is 10.1 Å². The van der Waals surface area contributed by atoms with Crippen molar-refractivity contribution in [1.29, 1.82) is 0 Å². The highest BCUT2D eigenvalue weighted by atomic mass is 32.2. The molecule has 80 valence electrons. The fourth-order valence-corrected chi connectivity index (χ4v) is 1.80. The van der Waals surface area contributed by atoms with Gasteiger partial charge in [0, 0.05) is 4.90 Å². The van der Waals surface area contributed by atoms with E-state index in [1.807, 2.05) is 0 Å². The van der Waals surface area contributed by atoms with Crippen molar-refractivity contribution in [3.8, 4) is 0 Å². The lowest BCUT2D eigenvalue weighted by Gasteiger charge is -2.06. The highest BCUT2D eigenvalue weighted by molar-refractivity contribution is 7.98. The summed E-state index contributed by atoms with van der Waals surface area (Å²) in [7, 11) is 0. The van der Waals surface area contributed by atoms with Gasteiger partial charge in [-0.1, -0.05) is 0 Å². The highest BCUT2D eigenvalue weighted by Crippen LogP contribution is 2.33. The minimum atomic E-state index is -0.849. The first kappa shape index (κ1) is 11.3. The third-order valence-electron chi connectivity index (χ3n) is 1.82. The van der Waals surface area contributed by atoms with Crippen LogP contribution in [-0.2, 0) is 0 Å². The number of hydrogen-bond acceptors (Lipinski definition) is 5. The predicted octanol–water partition coefficient (Wildman–Crippen LogP) is 0.998. The maximum atomic E-state index is 11.1. The second kappa shape index (κ2) is 4.18. The summed E-state index contributed by atoms with van der Waals surface area (Å²) in [5, 5.41) is 10.7. The van der Waals surface area contributed by atoms with Gasteiger partial charge < -0.3 is 11.5 Å². The van der Waals surface area contributed by atoms with E-state index in [0.29, 0.717) is 4.90 Å². The van der Waals surface area contributed by atoms with E-state index in [2.05, 4.69) is 0 Å². The number of rotatable bonds is 3. The van der Waals surface area contributed by atoms with Crippen LogP contribution in [0.15, 0.2) is 17.0 Å². The minimum absolute atomic E-state index is 0.0633. The standard InChI is InChI=1S/C8H9N3O3S/c1-15-5-3-2-4(9)7(11(13)14)6(5)8(10)12/h2-3H,9H2,1H3,(H2,10,12). The molecule has 0 aliphatic rings. The second-order valence-corrected chi connectivity index (χ2v) is 3.55. The number of nitrogen functional groups attached to an aromatic ring is 1. The van der Waals surface area contributed by atoms with Gasteiger partial charge in [-0.25, -0.2) is 0 Å². The van der Waals surface area contributed by atoms with E-state index >= 15 is 0 Å². The molecule has 1 rings (SSSR count). The first-order chi connectivity index (χ1) is 6.99. The molecule has 0 aromatic heterocycles. The molecule has 0 bridgehead atoms. The topological polar surface area (TPSA) is 112 Å². The van der Waals surface area contributed by atoms with Crippen molar-refractivity contribution in [3.05, 3.63) is 27.8 Å². The van der Waals surface area contributed by atoms with Gasteiger partial charge >= 0.3 is 5.69 Å². The van der Waals surface area contributed by atoms with Gasteiger partial charge in [-0.2, -0.15) is 0 Å². The number of primary amides is 1. The lowest BCUT2D eigenvalue weighted by molar-refractivity contribution is -0.384. The summed E-state index contributed by atoms with van der Waals surface area (Å²) in [5.41, 5.74) is 9.89. The Kier molecular flexibility index (Phi) is 3.15. The van der Waals surface area contributed by atoms with E-state index in [0.717, 1.165) is 0 Å². The van der Waals surface area contributed by atoms with Crippen LogP contribution >= 0.6 is 11.8 Å². The number of benzene rings is 1. The van der Waals surface area contributed by atoms with Crippen LogP contribution in [-0.4, -0.2) is 17.1 Å². The SMILES string of the molecule is CSc1ccc(N)c([N+](=O)[O-])c1C(N)=O. The van der Waals surface area contributed by atoms with E-state index in [4.69, 9.17) is 11.5 Å². The Balaban J connectivity index is 3.58. The zero-order valence-electron chi connectivity index (χ0n) is 7.89. The van der Waals surface area contributed by atoms with E-state index in [1.54, 1.807) is 6.26 Å². The summed E-state index contributed by atoms with van der Waals surface area (Å²) in [6.45, 7) is 0. The van der Waals surface area contributed by atoms with Crippen LogP contribution in [0.2, 0.25) is 0 Å². The Morgan fingerprint density at radius 3 is 2.53 bits per heavy atom. The van der Waals surface area contributed by atoms with Crippen LogP contribution in [0.4, 0.5) is 11.4 Å². The first-order valence-electron chi connectivity index (χ1n) is 3.89. The van der Waals surface area contributed by atoms with Crippen LogP contribution in [0.25, 0.3) is 0 Å². The highest BCUT2D eigenvalue weighted by Gasteiger charge is 2.25. The molecule has 0 aliphatic carbocycles. The van der Waals surface area contributed by atoms with Gasteiger partial charge in [0.15, 0.2) is 0 Å². The van der Waals surface area contributed by atoms with Crippen molar-refractivity contribution in [2.45, 2.75) is 4.90 Å². The largest absolute Gasteiger partial charge is 0.393 e. The molecule has 6 nitrogen and oxygen atoms in total. The molecule has 1 amide bonds. The number of nitro benzene ring substituents is 1. The van der Waals surface area contributed by atoms with Gasteiger partial charge in [-0.3, -0.25) is 14.9 Å². The third-order valence-corrected chi connectivity index (χ3v) is 2.60. The summed E-state index contributed by atoms with van der Waals surface area (Å²) in [6.07, 6.45) is 1.70. The van der Waals surface area contributed by atoms with Crippen LogP contribution in [0.1, 0.15) is 10.4 Å². The predicted molar refractivity (Wildman–Crippen MR) is 57.8 cm³/mol. The average Bonchev–Trinajstić information content (AvgIpc) is 2.16. The fraction of sp³-hybridized carbons (Fsp3) is 0.125. The molecule has 0 saturated heterocycles. The van der Waals surface area contributed by atoms with Crippen molar-refractivity contribution in [3.63, 3.8) is 0 Å². The van der Waals surface area contributed by atoms with Gasteiger partial charge in [-0.05, 0) is 18.4 Å². The number of thioether (sulfide) groups is 1. The molecule has 0 radical (unpaired) electrons. The van der Waals surface area contributed by atoms with Crippen LogP contribution in [0.3, 0.4) is 0 Å². The number of anilines is 1. The molecule has 4 N–H and O–H groups in total. The smallest absolute Gasteiger partial charge is 0.305 e. The van der Waals surface area contributed by atoms with Gasteiger partial charge in [0.25, 0.3) is 5.91 Å². The summed E-state index contributed by atoms with van der Waals surface area (Å²) >= 11 is 1.20. The van der Waals surface area contributed by atoms with Crippen molar-refractivity contribution >= 4 is 29.0 Å². The van der Waals surface area contributed by atoms with Crippen molar-refractivity contribution in [1.82, 2.24) is 0 Å². The number of amides is 1. The van der Waals surface area contributed by atoms with Crippen molar-refractivity contribution in [2.24, 2.45) is 5.73 Å². The Morgan fingerprint density at radius 2 is 2.13 bits per heavy atom. The molecule has 1 aromatic carbocycles. The molecule has 0 atom stereocenters. The van der Waals surface area contributed by atoms with Crippen LogP contribution < -0.4 is 11.5 Å². The van der Waals surface area contributed by atoms with E-state index in [1.165, 1.54) is 23.9 Å². The molecule has 1 aromatic rings. The zero-order chi connectivity index (χ0) is 11.6. The molecular weight excluding hydrogens is 218 g/mol. The van der Waals surface area contributed by atoms with Gasteiger partial charge in [0.05, 0.1) is 4.92 Å². The first-order valence-corrected chi connectivity index (χ1v) is 5.12. The lowest BCUT2D eigenvalue weighted by Crippen LogP contribution is -2.15. The van der Waals surface area contributed by atoms with Gasteiger partial charge in [0.2, 0.25) is 0 Å². The van der Waals surface area contributed by atoms with Crippen LogP contribution in [0.5, 0.6) is 0 Å². The summed E-state index contributed by atoms with van der Waals surface area (Å²) in [4.78, 5) is 21.6. The Bertz CT molecular complexity index is 433. The van der Waals surface area contributed by atoms with Gasteiger partial charge in [-0.15, -0.1) is 11.8 Å². The Hall–Kier alpha value is -1.76. The maximum Gasteiger partial charge on any atom is 0.305 e. The second-order valence-electron chi connectivity index (χ2n) is 2.70. The molecule has 7 heteroatoms. The number of nitrogens with two attached hydrogens (primary N) is 2. The molecule has 0 heterocycles. The monoisotopic (exact) mass is 227 g/mol.